The molecule has 0 spiro atoms. The zero-order chi connectivity index (χ0) is 9.84. The van der Waals surface area contributed by atoms with Crippen LogP contribution < -0.4 is 5.73 Å². The second-order valence-corrected chi connectivity index (χ2v) is 4.36. The van der Waals surface area contributed by atoms with Crippen molar-refractivity contribution in [3.8, 4) is 0 Å². The molecule has 0 saturated carbocycles. The maximum atomic E-state index is 5.98. The molecule has 0 radical (unpaired) electrons. The fourth-order valence-electron chi connectivity index (χ4n) is 0.835. The van der Waals surface area contributed by atoms with Crippen molar-refractivity contribution < 1.29 is 0 Å². The molecule has 70 valence electrons. The Bertz CT molecular complexity index is 323. The van der Waals surface area contributed by atoms with Crippen molar-refractivity contribution in [2.45, 2.75) is 11.8 Å². The summed E-state index contributed by atoms with van der Waals surface area (Å²) in [5.74, 6) is 0.892. The SMILES string of the molecule is C=C(C)CSc1ccc(N)cc1Cl. The molecule has 1 nitrogen and oxygen atoms in total. The van der Waals surface area contributed by atoms with Crippen LogP contribution >= 0.6 is 23.4 Å². The third kappa shape index (κ3) is 3.33. The Hall–Kier alpha value is -0.600. The minimum absolute atomic E-state index is 0.699. The molecule has 2 N–H and O–H groups in total. The highest BCUT2D eigenvalue weighted by Gasteiger charge is 2.00. The number of nitrogens with two attached hydrogens (primary N) is 1. The van der Waals surface area contributed by atoms with E-state index in [-0.39, 0.29) is 0 Å². The molecule has 0 aliphatic carbocycles. The summed E-state index contributed by atoms with van der Waals surface area (Å²) in [6.07, 6.45) is 0. The molecule has 0 heterocycles. The van der Waals surface area contributed by atoms with Gasteiger partial charge in [0.15, 0.2) is 0 Å². The summed E-state index contributed by atoms with van der Waals surface area (Å²) in [5.41, 5.74) is 7.41. The molecule has 0 atom stereocenters. The van der Waals surface area contributed by atoms with Gasteiger partial charge >= 0.3 is 0 Å². The van der Waals surface area contributed by atoms with E-state index in [2.05, 4.69) is 6.58 Å². The van der Waals surface area contributed by atoms with Crippen molar-refractivity contribution in [1.82, 2.24) is 0 Å². The van der Waals surface area contributed by atoms with Gasteiger partial charge in [-0.3, -0.25) is 0 Å². The standard InChI is InChI=1S/C10H12ClNS/c1-7(2)6-13-10-4-3-8(12)5-9(10)11/h3-5H,1,6,12H2,2H3. The molecule has 0 unspecified atom stereocenters. The number of halogens is 1. The van der Waals surface area contributed by atoms with E-state index < -0.39 is 0 Å². The minimum atomic E-state index is 0.699. The molecule has 0 aromatic heterocycles. The Morgan fingerprint density at radius 2 is 2.31 bits per heavy atom. The lowest BCUT2D eigenvalue weighted by Crippen LogP contribution is -1.85. The number of benzene rings is 1. The lowest BCUT2D eigenvalue weighted by Gasteiger charge is -2.04. The van der Waals surface area contributed by atoms with Crippen LogP contribution in [0, 0.1) is 0 Å². The smallest absolute Gasteiger partial charge is 0.0562 e. The normalized spacial score (nSPS) is 10.0. The Labute approximate surface area is 88.0 Å². The van der Waals surface area contributed by atoms with Crippen molar-refractivity contribution in [2.24, 2.45) is 0 Å². The third-order valence-corrected chi connectivity index (χ3v) is 3.16. The fraction of sp³-hybridized carbons (Fsp3) is 0.200. The highest BCUT2D eigenvalue weighted by atomic mass is 35.5. The number of rotatable bonds is 3. The molecule has 1 aromatic carbocycles. The fourth-order valence-corrected chi connectivity index (χ4v) is 1.95. The number of thioether (sulfide) groups is 1. The molecule has 0 aliphatic heterocycles. The number of anilines is 1. The highest BCUT2D eigenvalue weighted by Crippen LogP contribution is 2.29. The van der Waals surface area contributed by atoms with Crippen molar-refractivity contribution in [2.75, 3.05) is 11.5 Å². The van der Waals surface area contributed by atoms with E-state index in [1.807, 2.05) is 19.1 Å². The van der Waals surface area contributed by atoms with Crippen LogP contribution in [0.1, 0.15) is 6.92 Å². The summed E-state index contributed by atoms with van der Waals surface area (Å²) in [7, 11) is 0. The Morgan fingerprint density at radius 1 is 1.62 bits per heavy atom. The first-order chi connectivity index (χ1) is 6.09. The number of hydrogen-bond acceptors (Lipinski definition) is 2. The Morgan fingerprint density at radius 3 is 2.85 bits per heavy atom. The van der Waals surface area contributed by atoms with E-state index >= 15 is 0 Å². The van der Waals surface area contributed by atoms with E-state index in [0.717, 1.165) is 16.2 Å². The average Bonchev–Trinajstić information content (AvgIpc) is 2.02. The Balaban J connectivity index is 2.72. The molecular formula is C10H12ClNS. The molecule has 0 saturated heterocycles. The lowest BCUT2D eigenvalue weighted by atomic mass is 10.3. The summed E-state index contributed by atoms with van der Waals surface area (Å²) >= 11 is 7.66. The molecule has 1 aromatic rings. The monoisotopic (exact) mass is 213 g/mol. The van der Waals surface area contributed by atoms with Gasteiger partial charge in [0.2, 0.25) is 0 Å². The molecule has 0 bridgehead atoms. The van der Waals surface area contributed by atoms with Gasteiger partial charge in [0.05, 0.1) is 5.02 Å². The van der Waals surface area contributed by atoms with Crippen LogP contribution in [0.15, 0.2) is 35.2 Å². The van der Waals surface area contributed by atoms with Crippen LogP contribution in [0.2, 0.25) is 5.02 Å². The minimum Gasteiger partial charge on any atom is -0.399 e. The summed E-state index contributed by atoms with van der Waals surface area (Å²) in [5, 5.41) is 0.714. The van der Waals surface area contributed by atoms with Gasteiger partial charge in [-0.15, -0.1) is 11.8 Å². The highest BCUT2D eigenvalue weighted by molar-refractivity contribution is 7.99. The second-order valence-electron chi connectivity index (χ2n) is 2.94. The third-order valence-electron chi connectivity index (χ3n) is 1.43. The van der Waals surface area contributed by atoms with Gasteiger partial charge in [-0.1, -0.05) is 23.8 Å². The van der Waals surface area contributed by atoms with Crippen LogP contribution in [0.3, 0.4) is 0 Å². The molecular weight excluding hydrogens is 202 g/mol. The summed E-state index contributed by atoms with van der Waals surface area (Å²) < 4.78 is 0. The van der Waals surface area contributed by atoms with Gasteiger partial charge in [0.25, 0.3) is 0 Å². The van der Waals surface area contributed by atoms with E-state index in [9.17, 15) is 0 Å². The van der Waals surface area contributed by atoms with Gasteiger partial charge in [-0.2, -0.15) is 0 Å². The lowest BCUT2D eigenvalue weighted by molar-refractivity contribution is 1.40. The van der Waals surface area contributed by atoms with Crippen LogP contribution in [-0.4, -0.2) is 5.75 Å². The first-order valence-electron chi connectivity index (χ1n) is 3.92. The van der Waals surface area contributed by atoms with Gasteiger partial charge in [-0.05, 0) is 25.1 Å². The van der Waals surface area contributed by atoms with E-state index in [0.29, 0.717) is 10.7 Å². The van der Waals surface area contributed by atoms with Gasteiger partial charge in [0.1, 0.15) is 0 Å². The van der Waals surface area contributed by atoms with Crippen LogP contribution in [-0.2, 0) is 0 Å². The average molecular weight is 214 g/mol. The second kappa shape index (κ2) is 4.58. The van der Waals surface area contributed by atoms with Crippen LogP contribution in [0.4, 0.5) is 5.69 Å². The predicted molar refractivity (Wildman–Crippen MR) is 61.4 cm³/mol. The molecule has 0 fully saturated rings. The van der Waals surface area contributed by atoms with Crippen molar-refractivity contribution in [3.63, 3.8) is 0 Å². The topological polar surface area (TPSA) is 26.0 Å². The summed E-state index contributed by atoms with van der Waals surface area (Å²) in [4.78, 5) is 1.05. The zero-order valence-corrected chi connectivity index (χ0v) is 9.08. The zero-order valence-electron chi connectivity index (χ0n) is 7.51. The van der Waals surface area contributed by atoms with Crippen molar-refractivity contribution >= 4 is 29.1 Å². The quantitative estimate of drug-likeness (QED) is 0.472. The number of hydrogen-bond donors (Lipinski definition) is 1. The van der Waals surface area contributed by atoms with Crippen LogP contribution in [0.25, 0.3) is 0 Å². The first-order valence-corrected chi connectivity index (χ1v) is 5.28. The van der Waals surface area contributed by atoms with E-state index in [4.69, 9.17) is 17.3 Å². The van der Waals surface area contributed by atoms with E-state index in [1.165, 1.54) is 0 Å². The molecule has 0 aliphatic rings. The molecule has 1 rings (SSSR count). The van der Waals surface area contributed by atoms with E-state index in [1.54, 1.807) is 17.8 Å². The van der Waals surface area contributed by atoms with Gasteiger partial charge in [0, 0.05) is 16.3 Å². The maximum Gasteiger partial charge on any atom is 0.0562 e. The molecule has 0 amide bonds. The largest absolute Gasteiger partial charge is 0.399 e. The molecule has 3 heteroatoms. The van der Waals surface area contributed by atoms with Crippen molar-refractivity contribution in [3.05, 3.63) is 35.4 Å². The summed E-state index contributed by atoms with van der Waals surface area (Å²) in [6, 6.07) is 5.56. The van der Waals surface area contributed by atoms with Crippen LogP contribution in [0.5, 0.6) is 0 Å². The first kappa shape index (κ1) is 10.5. The number of nitrogen functional groups attached to an aromatic ring is 1. The summed E-state index contributed by atoms with van der Waals surface area (Å²) in [6.45, 7) is 5.83. The maximum absolute atomic E-state index is 5.98. The van der Waals surface area contributed by atoms with Gasteiger partial charge in [-0.25, -0.2) is 0 Å². The molecule has 13 heavy (non-hydrogen) atoms. The Kier molecular flexibility index (Phi) is 3.70. The predicted octanol–water partition coefficient (Wildman–Crippen LogP) is 3.59. The van der Waals surface area contributed by atoms with Gasteiger partial charge < -0.3 is 5.73 Å². The van der Waals surface area contributed by atoms with Crippen molar-refractivity contribution in [1.29, 1.82) is 0 Å².